The Morgan fingerprint density at radius 2 is 1.57 bits per heavy atom. The summed E-state index contributed by atoms with van der Waals surface area (Å²) in [5, 5.41) is 0. The molecule has 0 bridgehead atoms. The van der Waals surface area contributed by atoms with E-state index < -0.39 is 0 Å². The van der Waals surface area contributed by atoms with E-state index in [1.165, 1.54) is 12.8 Å². The monoisotopic (exact) mass is 377 g/mol. The Morgan fingerprint density at radius 1 is 0.821 bits per heavy atom. The maximum atomic E-state index is 12.9. The third-order valence-corrected chi connectivity index (χ3v) is 6.76. The summed E-state index contributed by atoms with van der Waals surface area (Å²) >= 11 is 0. The minimum absolute atomic E-state index is 0.163. The van der Waals surface area contributed by atoms with Gasteiger partial charge in [0.05, 0.1) is 12.0 Å². The van der Waals surface area contributed by atoms with Crippen LogP contribution >= 0.6 is 0 Å². The molecule has 4 nitrogen and oxygen atoms in total. The van der Waals surface area contributed by atoms with Crippen LogP contribution in [0.4, 0.5) is 0 Å². The van der Waals surface area contributed by atoms with Gasteiger partial charge < -0.3 is 4.74 Å². The second kappa shape index (κ2) is 7.31. The van der Waals surface area contributed by atoms with Gasteiger partial charge in [-0.15, -0.1) is 0 Å². The predicted octanol–water partition coefficient (Wildman–Crippen LogP) is 4.92. The molecule has 2 atom stereocenters. The molecule has 3 aliphatic carbocycles. The fourth-order valence-corrected chi connectivity index (χ4v) is 5.41. The second-order valence-corrected chi connectivity index (χ2v) is 8.61. The number of carbonyl (C=O) groups excluding carboxylic acids is 2. The lowest BCUT2D eigenvalue weighted by Crippen LogP contribution is -2.39. The van der Waals surface area contributed by atoms with Gasteiger partial charge in [-0.05, 0) is 69.1 Å². The molecule has 2 fully saturated rings. The van der Waals surface area contributed by atoms with Gasteiger partial charge in [-0.3, -0.25) is 14.6 Å². The fraction of sp³-hybridized carbons (Fsp3) is 0.542. The summed E-state index contributed by atoms with van der Waals surface area (Å²) in [7, 11) is 0. The highest BCUT2D eigenvalue weighted by atomic mass is 16.5. The number of benzene rings is 1. The van der Waals surface area contributed by atoms with E-state index in [0.29, 0.717) is 18.9 Å². The summed E-state index contributed by atoms with van der Waals surface area (Å²) in [6.07, 6.45) is 9.73. The molecule has 1 unspecified atom stereocenters. The fourth-order valence-electron chi connectivity index (χ4n) is 5.41. The van der Waals surface area contributed by atoms with E-state index in [4.69, 9.17) is 9.73 Å². The van der Waals surface area contributed by atoms with E-state index in [-0.39, 0.29) is 23.4 Å². The third kappa shape index (κ3) is 3.13. The van der Waals surface area contributed by atoms with Crippen molar-refractivity contribution >= 4 is 17.3 Å². The van der Waals surface area contributed by atoms with Crippen LogP contribution in [0.25, 0.3) is 0 Å². The first-order valence-corrected chi connectivity index (χ1v) is 10.8. The van der Waals surface area contributed by atoms with Crippen molar-refractivity contribution in [2.75, 3.05) is 0 Å². The molecule has 4 heteroatoms. The first-order chi connectivity index (χ1) is 13.7. The van der Waals surface area contributed by atoms with Crippen LogP contribution in [0.1, 0.15) is 75.7 Å². The van der Waals surface area contributed by atoms with Crippen LogP contribution in [0.2, 0.25) is 0 Å². The van der Waals surface area contributed by atoms with Crippen molar-refractivity contribution in [3.63, 3.8) is 0 Å². The molecule has 1 heterocycles. The minimum atomic E-state index is -0.254. The van der Waals surface area contributed by atoms with Crippen LogP contribution in [0.3, 0.4) is 0 Å². The first kappa shape index (κ1) is 17.8. The number of ether oxygens (including phenoxy) is 1. The molecule has 0 spiro atoms. The van der Waals surface area contributed by atoms with Crippen molar-refractivity contribution in [1.29, 1.82) is 0 Å². The van der Waals surface area contributed by atoms with Crippen LogP contribution < -0.4 is 4.74 Å². The van der Waals surface area contributed by atoms with E-state index in [0.717, 1.165) is 66.8 Å². The Bertz CT molecular complexity index is 858. The van der Waals surface area contributed by atoms with Crippen LogP contribution in [-0.2, 0) is 9.59 Å². The normalized spacial score (nSPS) is 28.1. The van der Waals surface area contributed by atoms with Gasteiger partial charge in [0.25, 0.3) is 0 Å². The number of rotatable bonds is 3. The van der Waals surface area contributed by atoms with E-state index in [2.05, 4.69) is 12.1 Å². The molecule has 1 aliphatic heterocycles. The zero-order valence-electron chi connectivity index (χ0n) is 16.3. The molecule has 1 aromatic carbocycles. The van der Waals surface area contributed by atoms with Gasteiger partial charge in [-0.25, -0.2) is 0 Å². The molecular formula is C24H27NO3. The minimum Gasteiger partial charge on any atom is -0.490 e. The highest BCUT2D eigenvalue weighted by Crippen LogP contribution is 2.46. The second-order valence-electron chi connectivity index (χ2n) is 8.61. The maximum Gasteiger partial charge on any atom is 0.161 e. The van der Waals surface area contributed by atoms with Crippen LogP contribution in [-0.4, -0.2) is 23.4 Å². The molecule has 146 valence electrons. The summed E-state index contributed by atoms with van der Waals surface area (Å²) in [5.74, 6) is 0.893. The number of aliphatic imine (C=N–C) groups is 1. The van der Waals surface area contributed by atoms with E-state index in [9.17, 15) is 9.59 Å². The average molecular weight is 377 g/mol. The Kier molecular flexibility index (Phi) is 4.65. The first-order valence-electron chi connectivity index (χ1n) is 10.8. The third-order valence-electron chi connectivity index (χ3n) is 6.76. The van der Waals surface area contributed by atoms with Crippen LogP contribution in [0.5, 0.6) is 5.75 Å². The van der Waals surface area contributed by atoms with E-state index in [1.807, 2.05) is 12.1 Å². The topological polar surface area (TPSA) is 55.7 Å². The highest BCUT2D eigenvalue weighted by Gasteiger charge is 2.44. The molecule has 0 amide bonds. The zero-order valence-corrected chi connectivity index (χ0v) is 16.3. The molecule has 5 rings (SSSR count). The van der Waals surface area contributed by atoms with Crippen LogP contribution in [0.15, 0.2) is 40.5 Å². The number of carbonyl (C=O) groups is 2. The van der Waals surface area contributed by atoms with Gasteiger partial charge in [0.1, 0.15) is 11.5 Å². The molecule has 0 N–H and O–H groups in total. The molecule has 2 saturated carbocycles. The zero-order chi connectivity index (χ0) is 19.1. The molecule has 28 heavy (non-hydrogen) atoms. The van der Waals surface area contributed by atoms with Gasteiger partial charge in [0, 0.05) is 35.7 Å². The Morgan fingerprint density at radius 3 is 2.36 bits per heavy atom. The van der Waals surface area contributed by atoms with Crippen molar-refractivity contribution < 1.29 is 14.3 Å². The quantitative estimate of drug-likeness (QED) is 0.751. The lowest BCUT2D eigenvalue weighted by molar-refractivity contribution is -0.122. The summed E-state index contributed by atoms with van der Waals surface area (Å²) in [6.45, 7) is 0. The van der Waals surface area contributed by atoms with Gasteiger partial charge in [-0.2, -0.15) is 0 Å². The van der Waals surface area contributed by atoms with Gasteiger partial charge in [0.15, 0.2) is 5.78 Å². The smallest absolute Gasteiger partial charge is 0.161 e. The van der Waals surface area contributed by atoms with Crippen LogP contribution in [0, 0.1) is 5.92 Å². The summed E-state index contributed by atoms with van der Waals surface area (Å²) < 4.78 is 6.10. The van der Waals surface area contributed by atoms with Crippen molar-refractivity contribution in [3.05, 3.63) is 41.1 Å². The van der Waals surface area contributed by atoms with Crippen molar-refractivity contribution in [2.24, 2.45) is 10.9 Å². The average Bonchev–Trinajstić information content (AvgIpc) is 3.21. The molecule has 1 aromatic rings. The summed E-state index contributed by atoms with van der Waals surface area (Å²) in [4.78, 5) is 30.5. The lowest BCUT2D eigenvalue weighted by Gasteiger charge is -2.37. The van der Waals surface area contributed by atoms with E-state index >= 15 is 0 Å². The number of hydrogen-bond donors (Lipinski definition) is 0. The van der Waals surface area contributed by atoms with Gasteiger partial charge >= 0.3 is 0 Å². The largest absolute Gasteiger partial charge is 0.490 e. The van der Waals surface area contributed by atoms with Crippen molar-refractivity contribution in [3.8, 4) is 5.75 Å². The summed E-state index contributed by atoms with van der Waals surface area (Å²) in [5.41, 5.74) is 3.79. The molecule has 0 saturated heterocycles. The van der Waals surface area contributed by atoms with Crippen molar-refractivity contribution in [1.82, 2.24) is 0 Å². The number of nitrogens with zero attached hydrogens (tertiary/aromatic N) is 1. The predicted molar refractivity (Wildman–Crippen MR) is 108 cm³/mol. The number of allylic oxidation sites excluding steroid dienone is 2. The van der Waals surface area contributed by atoms with Crippen molar-refractivity contribution in [2.45, 2.75) is 76.2 Å². The number of Topliss-reactive ketones (excluding diaryl/α,β-unsaturated/α-hetero) is 2. The lowest BCUT2D eigenvalue weighted by atomic mass is 9.67. The Labute approximate surface area is 166 Å². The van der Waals surface area contributed by atoms with Gasteiger partial charge in [0.2, 0.25) is 0 Å². The standard InChI is InChI=1S/C24H27NO3/c26-20-9-3-7-18-23(20)22(24-19(25-18)8-4-10-21(24)27)15-11-13-17(14-12-15)28-16-5-1-2-6-16/h11-14,16,22-23H,1-10H2/t22-,23?/m0/s1. The Hall–Kier alpha value is -2.23. The van der Waals surface area contributed by atoms with Gasteiger partial charge in [-0.1, -0.05) is 12.1 Å². The molecular weight excluding hydrogens is 350 g/mol. The number of ketones is 2. The SMILES string of the molecule is O=C1CCCC2=C1[C@@H](c1ccc(OC3CCCC3)cc1)C1C(=O)CCCC1=N2. The Balaban J connectivity index is 1.50. The molecule has 4 aliphatic rings. The highest BCUT2D eigenvalue weighted by molar-refractivity contribution is 6.12. The molecule has 0 radical (unpaired) electrons. The number of hydrogen-bond acceptors (Lipinski definition) is 4. The molecule has 0 aromatic heterocycles. The van der Waals surface area contributed by atoms with E-state index in [1.54, 1.807) is 0 Å². The number of fused-ring (bicyclic) bond motifs is 1. The summed E-state index contributed by atoms with van der Waals surface area (Å²) in [6, 6.07) is 8.15. The maximum absolute atomic E-state index is 12.9.